The third-order valence-electron chi connectivity index (χ3n) is 15.5. The first kappa shape index (κ1) is 45.6. The van der Waals surface area contributed by atoms with Crippen molar-refractivity contribution in [2.75, 3.05) is 36.0 Å². The van der Waals surface area contributed by atoms with E-state index in [0.29, 0.717) is 54.0 Å². The monoisotopic (exact) mass is 914 g/mol. The fraction of sp³-hybridized carbons (Fsp3) is 0.720. The molecule has 5 aliphatic carbocycles. The number of carboxylic acid groups (broad SMARTS) is 1. The highest BCUT2D eigenvalue weighted by Crippen LogP contribution is 2.56. The number of aliphatic carboxylic acids is 1. The molecule has 3 atom stereocenters. The number of amides is 2. The number of hydrogen-bond acceptors (Lipinski definition) is 11. The van der Waals surface area contributed by atoms with Crippen LogP contribution >= 0.6 is 23.5 Å². The maximum atomic E-state index is 14.6. The molecule has 0 aromatic carbocycles. The van der Waals surface area contributed by atoms with E-state index >= 15 is 0 Å². The molecule has 7 fully saturated rings. The van der Waals surface area contributed by atoms with E-state index in [9.17, 15) is 24.3 Å². The lowest BCUT2D eigenvalue weighted by Gasteiger charge is -2.40. The second-order valence-electron chi connectivity index (χ2n) is 20.1. The molecule has 0 radical (unpaired) electrons. The fourth-order valence-corrected chi connectivity index (χ4v) is 14.4. The van der Waals surface area contributed by atoms with Crippen LogP contribution in [0, 0.1) is 17.3 Å². The molecule has 14 heteroatoms. The van der Waals surface area contributed by atoms with Gasteiger partial charge in [-0.2, -0.15) is 0 Å². The Morgan fingerprint density at radius 2 is 1.08 bits per heavy atom. The van der Waals surface area contributed by atoms with Crippen LogP contribution < -0.4 is 20.4 Å². The quantitative estimate of drug-likeness (QED) is 0.146. The number of piperidine rings is 2. The summed E-state index contributed by atoms with van der Waals surface area (Å²) >= 11 is 3.47. The van der Waals surface area contributed by atoms with Gasteiger partial charge in [-0.05, 0) is 120 Å². The van der Waals surface area contributed by atoms with Crippen LogP contribution in [0.4, 0.5) is 11.6 Å². The van der Waals surface area contributed by atoms with Crippen LogP contribution in [0.15, 0.2) is 34.3 Å². The van der Waals surface area contributed by atoms with Gasteiger partial charge in [-0.25, -0.2) is 9.97 Å². The predicted octanol–water partition coefficient (Wildman–Crippen LogP) is 9.58. The number of carbonyl (C=O) groups excluding carboxylic acids is 3. The maximum absolute atomic E-state index is 14.6. The lowest BCUT2D eigenvalue weighted by Crippen LogP contribution is -2.48. The van der Waals surface area contributed by atoms with Gasteiger partial charge in [-0.1, -0.05) is 64.2 Å². The van der Waals surface area contributed by atoms with Crippen LogP contribution in [0.1, 0.15) is 175 Å². The van der Waals surface area contributed by atoms with Crippen LogP contribution in [0.5, 0.6) is 0 Å². The number of thioether (sulfide) groups is 2. The summed E-state index contributed by atoms with van der Waals surface area (Å²) in [5.41, 5.74) is 0.161. The molecule has 0 spiro atoms. The van der Waals surface area contributed by atoms with Crippen molar-refractivity contribution in [3.05, 3.63) is 35.4 Å². The molecular formula is C50H70N6O6S2. The van der Waals surface area contributed by atoms with Crippen molar-refractivity contribution >= 4 is 58.9 Å². The molecule has 2 aliphatic heterocycles. The summed E-state index contributed by atoms with van der Waals surface area (Å²) in [5.74, 6) is -0.819. The van der Waals surface area contributed by atoms with E-state index in [0.717, 1.165) is 131 Å². The summed E-state index contributed by atoms with van der Waals surface area (Å²) in [4.78, 5) is 69.8. The Kier molecular flexibility index (Phi) is 15.0. The van der Waals surface area contributed by atoms with E-state index in [1.807, 2.05) is 24.3 Å². The molecule has 2 aromatic heterocycles. The average Bonchev–Trinajstić information content (AvgIpc) is 3.63. The average molecular weight is 915 g/mol. The fourth-order valence-electron chi connectivity index (χ4n) is 11.7. The number of aromatic nitrogens is 2. The Balaban J connectivity index is 0.897. The van der Waals surface area contributed by atoms with Gasteiger partial charge in [0, 0.05) is 42.2 Å². The van der Waals surface area contributed by atoms with Crippen molar-refractivity contribution in [3.63, 3.8) is 0 Å². The standard InChI is InChI=1S/C50H70N6O6S2/c57-44(51-34-14-3-1-4-15-34)39-23-25-41(53-46(39)63-37-19-7-8-20-37)55-29-11-13-33(31-55)43(50(27-28-50)49(60)61)48(59)62-36-18-12-30-56(32-36)42-26-24-40(45(58)52-35-16-5-2-6-17-35)47(54-42)64-38-21-9-10-22-38/h23-26,33-38,43H,1-22,27-32H2,(H,51,57)(H,52,58)(H,60,61). The predicted molar refractivity (Wildman–Crippen MR) is 252 cm³/mol. The number of nitrogens with one attached hydrogen (secondary N) is 2. The van der Waals surface area contributed by atoms with Crippen LogP contribution in [-0.2, 0) is 14.3 Å². The van der Waals surface area contributed by atoms with E-state index in [1.54, 1.807) is 23.5 Å². The molecular weight excluding hydrogens is 845 g/mol. The summed E-state index contributed by atoms with van der Waals surface area (Å²) in [6.45, 7) is 2.48. The third kappa shape index (κ3) is 10.8. The number of ether oxygens (including phenoxy) is 1. The first-order valence-electron chi connectivity index (χ1n) is 25.1. The van der Waals surface area contributed by atoms with E-state index in [-0.39, 0.29) is 29.8 Å². The molecule has 2 amide bonds. The van der Waals surface area contributed by atoms with Gasteiger partial charge in [0.15, 0.2) is 0 Å². The topological polar surface area (TPSA) is 154 Å². The molecule has 9 rings (SSSR count). The highest BCUT2D eigenvalue weighted by Gasteiger charge is 2.62. The van der Waals surface area contributed by atoms with Gasteiger partial charge >= 0.3 is 11.9 Å². The summed E-state index contributed by atoms with van der Waals surface area (Å²) in [5, 5.41) is 19.7. The molecule has 7 aliphatic rings. The van der Waals surface area contributed by atoms with Crippen molar-refractivity contribution in [1.82, 2.24) is 20.6 Å². The highest BCUT2D eigenvalue weighted by atomic mass is 32.2. The molecule has 2 aromatic rings. The van der Waals surface area contributed by atoms with Crippen LogP contribution in [0.3, 0.4) is 0 Å². The number of pyridine rings is 2. The van der Waals surface area contributed by atoms with Crippen molar-refractivity contribution in [1.29, 1.82) is 0 Å². The minimum absolute atomic E-state index is 0.0369. The number of esters is 1. The Morgan fingerprint density at radius 3 is 1.56 bits per heavy atom. The zero-order valence-electron chi connectivity index (χ0n) is 37.7. The lowest BCUT2D eigenvalue weighted by molar-refractivity contribution is -0.166. The van der Waals surface area contributed by atoms with Crippen molar-refractivity contribution < 1.29 is 29.0 Å². The van der Waals surface area contributed by atoms with E-state index in [1.165, 1.54) is 38.5 Å². The molecule has 348 valence electrons. The first-order chi connectivity index (χ1) is 31.2. The van der Waals surface area contributed by atoms with E-state index in [4.69, 9.17) is 14.7 Å². The number of anilines is 2. The highest BCUT2D eigenvalue weighted by molar-refractivity contribution is 8.00. The maximum Gasteiger partial charge on any atom is 0.310 e. The number of nitrogens with zero attached hydrogens (tertiary/aromatic N) is 4. The molecule has 3 N–H and O–H groups in total. The third-order valence-corrected chi connectivity index (χ3v) is 18.2. The largest absolute Gasteiger partial charge is 0.481 e. The smallest absolute Gasteiger partial charge is 0.310 e. The van der Waals surface area contributed by atoms with Gasteiger partial charge in [0.2, 0.25) is 0 Å². The molecule has 4 heterocycles. The van der Waals surface area contributed by atoms with Gasteiger partial charge < -0.3 is 30.3 Å². The van der Waals surface area contributed by atoms with Gasteiger partial charge in [-0.15, -0.1) is 23.5 Å². The Morgan fingerprint density at radius 1 is 0.609 bits per heavy atom. The van der Waals surface area contributed by atoms with Crippen molar-refractivity contribution in [2.45, 2.75) is 193 Å². The zero-order chi connectivity index (χ0) is 44.0. The van der Waals surface area contributed by atoms with Gasteiger partial charge in [0.1, 0.15) is 27.8 Å². The van der Waals surface area contributed by atoms with Crippen molar-refractivity contribution in [2.24, 2.45) is 17.3 Å². The molecule has 5 saturated carbocycles. The second kappa shape index (κ2) is 21.0. The van der Waals surface area contributed by atoms with Crippen LogP contribution in [0.25, 0.3) is 0 Å². The molecule has 64 heavy (non-hydrogen) atoms. The molecule has 12 nitrogen and oxygen atoms in total. The Bertz CT molecular complexity index is 1970. The Labute approximate surface area is 388 Å². The normalized spacial score (nSPS) is 25.2. The summed E-state index contributed by atoms with van der Waals surface area (Å²) in [6, 6.07) is 8.19. The summed E-state index contributed by atoms with van der Waals surface area (Å²) in [7, 11) is 0. The second-order valence-corrected chi connectivity index (χ2v) is 22.7. The summed E-state index contributed by atoms with van der Waals surface area (Å²) in [6.07, 6.45) is 24.0. The molecule has 0 bridgehead atoms. The molecule has 2 saturated heterocycles. The number of rotatable bonds is 15. The van der Waals surface area contributed by atoms with E-state index in [2.05, 4.69) is 20.4 Å². The van der Waals surface area contributed by atoms with E-state index < -0.39 is 29.4 Å². The minimum Gasteiger partial charge on any atom is -0.481 e. The SMILES string of the molecule is O=C(NC1CCCCC1)c1ccc(N2CCCC(OC(=O)C(C3CCCN(c4ccc(C(=O)NC5CCCCC5)c(SC5CCCC5)n4)C3)C3(C(=O)O)CC3)C2)nc1SC1CCCC1. The number of carbonyl (C=O) groups is 4. The van der Waals surface area contributed by atoms with Crippen LogP contribution in [-0.4, -0.2) is 93.7 Å². The number of carboxylic acids is 1. The van der Waals surface area contributed by atoms with Gasteiger partial charge in [0.05, 0.1) is 29.0 Å². The zero-order valence-corrected chi connectivity index (χ0v) is 39.4. The van der Waals surface area contributed by atoms with Gasteiger partial charge in [-0.3, -0.25) is 19.2 Å². The van der Waals surface area contributed by atoms with Crippen molar-refractivity contribution in [3.8, 4) is 0 Å². The Hall–Kier alpha value is -3.52. The molecule has 3 unspecified atom stereocenters. The summed E-state index contributed by atoms with van der Waals surface area (Å²) < 4.78 is 6.44. The minimum atomic E-state index is -1.13. The first-order valence-corrected chi connectivity index (χ1v) is 26.9. The lowest BCUT2D eigenvalue weighted by atomic mass is 9.75. The van der Waals surface area contributed by atoms with Gasteiger partial charge in [0.25, 0.3) is 11.8 Å². The van der Waals surface area contributed by atoms with Crippen LogP contribution in [0.2, 0.25) is 0 Å². The number of hydrogen-bond donors (Lipinski definition) is 3.